The highest BCUT2D eigenvalue weighted by atomic mass is 16.6. The Balaban J connectivity index is 1.61. The maximum Gasteiger partial charge on any atom is 0.312 e. The number of nitrogens with one attached hydrogen (secondary N) is 1. The molecule has 0 aliphatic carbocycles. The van der Waals surface area contributed by atoms with Crippen LogP contribution in [0.25, 0.3) is 0 Å². The van der Waals surface area contributed by atoms with Gasteiger partial charge in [-0.3, -0.25) is 24.3 Å². The molecule has 0 bridgehead atoms. The number of carbonyl (C=O) groups is 1. The zero-order valence-corrected chi connectivity index (χ0v) is 16.0. The first-order chi connectivity index (χ1) is 13.3. The molecule has 2 heterocycles. The van der Waals surface area contributed by atoms with Crippen molar-refractivity contribution in [1.29, 1.82) is 0 Å². The van der Waals surface area contributed by atoms with Crippen LogP contribution in [0.4, 0.5) is 11.5 Å². The van der Waals surface area contributed by atoms with Crippen LogP contribution in [0.15, 0.2) is 36.4 Å². The molecule has 0 radical (unpaired) electrons. The summed E-state index contributed by atoms with van der Waals surface area (Å²) in [5.74, 6) is 0.261. The average Bonchev–Trinajstić information content (AvgIpc) is 3.12. The quantitative estimate of drug-likeness (QED) is 0.499. The highest BCUT2D eigenvalue weighted by molar-refractivity contribution is 5.89. The van der Waals surface area contributed by atoms with Gasteiger partial charge in [0.1, 0.15) is 11.4 Å². The molecule has 3 aromatic rings. The van der Waals surface area contributed by atoms with Crippen molar-refractivity contribution < 1.29 is 9.72 Å². The van der Waals surface area contributed by atoms with E-state index in [9.17, 15) is 14.9 Å². The number of carbonyl (C=O) groups excluding carboxylic acids is 1. The van der Waals surface area contributed by atoms with Crippen LogP contribution >= 0.6 is 0 Å². The third-order valence-corrected chi connectivity index (χ3v) is 4.50. The summed E-state index contributed by atoms with van der Waals surface area (Å²) in [4.78, 5) is 22.9. The van der Waals surface area contributed by atoms with Gasteiger partial charge in [-0.05, 0) is 26.3 Å². The van der Waals surface area contributed by atoms with Crippen LogP contribution < -0.4 is 5.32 Å². The standard InChI is InChI=1S/C19H22N6O3/c1-13-11-17(22-24(13)12-16-7-5-4-6-8-16)20-18(26)9-10-23-15(3)19(25(27)28)14(2)21-23/h4-8,11H,9-10,12H2,1-3H3,(H,20,22,26). The van der Waals surface area contributed by atoms with Crippen LogP contribution in [0, 0.1) is 30.9 Å². The van der Waals surface area contributed by atoms with Crippen molar-refractivity contribution in [1.82, 2.24) is 19.6 Å². The number of hydrogen-bond donors (Lipinski definition) is 1. The molecule has 3 rings (SSSR count). The summed E-state index contributed by atoms with van der Waals surface area (Å²) >= 11 is 0. The van der Waals surface area contributed by atoms with E-state index in [0.29, 0.717) is 23.8 Å². The van der Waals surface area contributed by atoms with E-state index in [4.69, 9.17) is 0 Å². The molecule has 0 aliphatic rings. The smallest absolute Gasteiger partial charge is 0.309 e. The lowest BCUT2D eigenvalue weighted by Gasteiger charge is -2.05. The lowest BCUT2D eigenvalue weighted by atomic mass is 10.2. The zero-order chi connectivity index (χ0) is 20.3. The predicted molar refractivity (Wildman–Crippen MR) is 104 cm³/mol. The van der Waals surface area contributed by atoms with Crippen molar-refractivity contribution in [3.8, 4) is 0 Å². The number of benzene rings is 1. The molecule has 1 amide bonds. The number of amides is 1. The van der Waals surface area contributed by atoms with Gasteiger partial charge < -0.3 is 5.32 Å². The average molecular weight is 382 g/mol. The minimum Gasteiger partial charge on any atom is -0.309 e. The number of aryl methyl sites for hydroxylation is 3. The molecule has 1 N–H and O–H groups in total. The predicted octanol–water partition coefficient (Wildman–Crippen LogP) is 2.99. The molecule has 0 saturated heterocycles. The molecule has 0 unspecified atom stereocenters. The van der Waals surface area contributed by atoms with E-state index in [1.54, 1.807) is 13.8 Å². The van der Waals surface area contributed by atoms with Gasteiger partial charge in [-0.15, -0.1) is 0 Å². The zero-order valence-electron chi connectivity index (χ0n) is 16.0. The molecule has 1 aromatic carbocycles. The van der Waals surface area contributed by atoms with Gasteiger partial charge in [0.25, 0.3) is 0 Å². The van der Waals surface area contributed by atoms with E-state index in [1.165, 1.54) is 4.68 Å². The Kier molecular flexibility index (Phi) is 5.53. The lowest BCUT2D eigenvalue weighted by Crippen LogP contribution is -2.16. The van der Waals surface area contributed by atoms with Crippen LogP contribution in [0.1, 0.15) is 29.1 Å². The maximum absolute atomic E-state index is 12.3. The number of nitrogens with zero attached hydrogens (tertiary/aromatic N) is 5. The topological polar surface area (TPSA) is 108 Å². The van der Waals surface area contributed by atoms with Crippen molar-refractivity contribution in [2.75, 3.05) is 5.32 Å². The Morgan fingerprint density at radius 1 is 1.14 bits per heavy atom. The molecular formula is C19H22N6O3. The fourth-order valence-electron chi connectivity index (χ4n) is 3.07. The normalized spacial score (nSPS) is 10.8. The fraction of sp³-hybridized carbons (Fsp3) is 0.316. The first-order valence-corrected chi connectivity index (χ1v) is 8.91. The molecule has 9 nitrogen and oxygen atoms in total. The summed E-state index contributed by atoms with van der Waals surface area (Å²) in [5.41, 5.74) is 2.85. The van der Waals surface area contributed by atoms with Crippen LogP contribution in [-0.4, -0.2) is 30.4 Å². The second-order valence-electron chi connectivity index (χ2n) is 6.61. The molecule has 146 valence electrons. The second-order valence-corrected chi connectivity index (χ2v) is 6.61. The van der Waals surface area contributed by atoms with Gasteiger partial charge in [0.05, 0.1) is 18.0 Å². The molecular weight excluding hydrogens is 360 g/mol. The van der Waals surface area contributed by atoms with E-state index in [0.717, 1.165) is 11.3 Å². The first-order valence-electron chi connectivity index (χ1n) is 8.91. The van der Waals surface area contributed by atoms with Crippen molar-refractivity contribution >= 4 is 17.4 Å². The minimum absolute atomic E-state index is 0.00399. The number of hydrogen-bond acceptors (Lipinski definition) is 5. The van der Waals surface area contributed by atoms with Crippen molar-refractivity contribution in [2.45, 2.75) is 40.3 Å². The summed E-state index contributed by atoms with van der Waals surface area (Å²) < 4.78 is 3.32. The fourth-order valence-corrected chi connectivity index (χ4v) is 3.07. The van der Waals surface area contributed by atoms with Crippen LogP contribution in [0.3, 0.4) is 0 Å². The van der Waals surface area contributed by atoms with Crippen LogP contribution in [0.2, 0.25) is 0 Å². The maximum atomic E-state index is 12.3. The Morgan fingerprint density at radius 3 is 2.50 bits per heavy atom. The van der Waals surface area contributed by atoms with Crippen molar-refractivity contribution in [2.24, 2.45) is 0 Å². The number of aromatic nitrogens is 4. The monoisotopic (exact) mass is 382 g/mol. The van der Waals surface area contributed by atoms with Crippen LogP contribution in [-0.2, 0) is 17.9 Å². The number of anilines is 1. The van der Waals surface area contributed by atoms with Gasteiger partial charge in [0.15, 0.2) is 5.82 Å². The Bertz CT molecular complexity index is 1010. The number of rotatable bonds is 7. The Labute approximate surface area is 162 Å². The Hall–Kier alpha value is -3.49. The SMILES string of the molecule is Cc1nn(CCC(=O)Nc2cc(C)n(Cc3ccccc3)n2)c(C)c1[N+](=O)[O-]. The van der Waals surface area contributed by atoms with Gasteiger partial charge in [0, 0.05) is 18.2 Å². The first kappa shape index (κ1) is 19.3. The van der Waals surface area contributed by atoms with Crippen molar-refractivity contribution in [3.63, 3.8) is 0 Å². The van der Waals surface area contributed by atoms with Gasteiger partial charge >= 0.3 is 5.69 Å². The highest BCUT2D eigenvalue weighted by Gasteiger charge is 2.22. The molecule has 2 aromatic heterocycles. The van der Waals surface area contributed by atoms with E-state index in [-0.39, 0.29) is 24.6 Å². The van der Waals surface area contributed by atoms with E-state index in [1.807, 2.05) is 48.0 Å². The minimum atomic E-state index is -0.448. The Morgan fingerprint density at radius 2 is 1.86 bits per heavy atom. The van der Waals surface area contributed by atoms with E-state index < -0.39 is 4.92 Å². The molecule has 0 atom stereocenters. The van der Waals surface area contributed by atoms with Gasteiger partial charge in [-0.25, -0.2) is 0 Å². The second kappa shape index (κ2) is 8.03. The highest BCUT2D eigenvalue weighted by Crippen LogP contribution is 2.22. The van der Waals surface area contributed by atoms with Gasteiger partial charge in [-0.1, -0.05) is 30.3 Å². The summed E-state index contributed by atoms with van der Waals surface area (Å²) in [6.07, 6.45) is 0.143. The van der Waals surface area contributed by atoms with E-state index >= 15 is 0 Å². The molecule has 0 spiro atoms. The largest absolute Gasteiger partial charge is 0.312 e. The number of nitro groups is 1. The van der Waals surface area contributed by atoms with Gasteiger partial charge in [0.2, 0.25) is 5.91 Å². The van der Waals surface area contributed by atoms with Gasteiger partial charge in [-0.2, -0.15) is 10.2 Å². The van der Waals surface area contributed by atoms with Crippen molar-refractivity contribution in [3.05, 3.63) is 69.2 Å². The summed E-state index contributed by atoms with van der Waals surface area (Å²) in [7, 11) is 0. The molecule has 9 heteroatoms. The summed E-state index contributed by atoms with van der Waals surface area (Å²) in [6, 6.07) is 11.8. The molecule has 0 saturated carbocycles. The molecule has 0 fully saturated rings. The lowest BCUT2D eigenvalue weighted by molar-refractivity contribution is -0.386. The third kappa shape index (κ3) is 4.25. The van der Waals surface area contributed by atoms with Crippen LogP contribution in [0.5, 0.6) is 0 Å². The summed E-state index contributed by atoms with van der Waals surface area (Å²) in [6.45, 7) is 6.03. The summed E-state index contributed by atoms with van der Waals surface area (Å²) in [5, 5.41) is 22.4. The van der Waals surface area contributed by atoms with E-state index in [2.05, 4.69) is 15.5 Å². The molecule has 0 aliphatic heterocycles. The molecule has 28 heavy (non-hydrogen) atoms. The third-order valence-electron chi connectivity index (χ3n) is 4.50.